The zero-order valence-corrected chi connectivity index (χ0v) is 14.1. The van der Waals surface area contributed by atoms with E-state index in [-0.39, 0.29) is 5.91 Å². The van der Waals surface area contributed by atoms with Crippen LogP contribution in [0, 0.1) is 0 Å². The predicted octanol–water partition coefficient (Wildman–Crippen LogP) is 3.53. The lowest BCUT2D eigenvalue weighted by atomic mass is 10.1. The molecule has 0 aliphatic carbocycles. The number of halogens is 1. The first-order valence-corrected chi connectivity index (χ1v) is 8.38. The highest BCUT2D eigenvalue weighted by Gasteiger charge is 2.29. The maximum absolute atomic E-state index is 12.5. The van der Waals surface area contributed by atoms with Gasteiger partial charge < -0.3 is 10.1 Å². The second kappa shape index (κ2) is 6.61. The van der Waals surface area contributed by atoms with Crippen LogP contribution in [0.3, 0.4) is 0 Å². The summed E-state index contributed by atoms with van der Waals surface area (Å²) < 4.78 is 7.47. The Morgan fingerprint density at radius 3 is 2.80 bits per heavy atom. The molecule has 0 bridgehead atoms. The summed E-state index contributed by atoms with van der Waals surface area (Å²) >= 11 is 5.91. The molecule has 1 aromatic heterocycles. The van der Waals surface area contributed by atoms with Crippen molar-refractivity contribution in [1.82, 2.24) is 9.78 Å². The van der Waals surface area contributed by atoms with Crippen LogP contribution in [0.2, 0.25) is 5.02 Å². The number of hydrogen-bond acceptors (Lipinski definition) is 3. The van der Waals surface area contributed by atoms with Gasteiger partial charge >= 0.3 is 0 Å². The fourth-order valence-corrected chi connectivity index (χ4v) is 2.99. The number of benzene rings is 2. The lowest BCUT2D eigenvalue weighted by Gasteiger charge is -2.13. The highest BCUT2D eigenvalue weighted by Crippen LogP contribution is 2.28. The van der Waals surface area contributed by atoms with Crippen molar-refractivity contribution < 1.29 is 9.53 Å². The van der Waals surface area contributed by atoms with Gasteiger partial charge in [-0.05, 0) is 29.3 Å². The molecular formula is C19H16ClN3O2. The van der Waals surface area contributed by atoms with E-state index in [0.29, 0.717) is 23.8 Å². The number of carbonyl (C=O) groups excluding carboxylic acids is 1. The maximum Gasteiger partial charge on any atom is 0.266 e. The predicted molar refractivity (Wildman–Crippen MR) is 96.0 cm³/mol. The molecule has 1 amide bonds. The van der Waals surface area contributed by atoms with Crippen LogP contribution in [0.5, 0.6) is 5.75 Å². The van der Waals surface area contributed by atoms with Crippen LogP contribution in [0.1, 0.15) is 11.1 Å². The van der Waals surface area contributed by atoms with Crippen molar-refractivity contribution in [2.75, 3.05) is 5.32 Å². The Balaban J connectivity index is 1.44. The first-order valence-electron chi connectivity index (χ1n) is 8.01. The number of anilines is 1. The van der Waals surface area contributed by atoms with Gasteiger partial charge in [-0.25, -0.2) is 4.68 Å². The van der Waals surface area contributed by atoms with E-state index in [1.807, 2.05) is 48.5 Å². The van der Waals surface area contributed by atoms with Crippen LogP contribution in [0.15, 0.2) is 60.8 Å². The summed E-state index contributed by atoms with van der Waals surface area (Å²) in [6.07, 6.45) is 1.72. The smallest absolute Gasteiger partial charge is 0.266 e. The summed E-state index contributed by atoms with van der Waals surface area (Å²) in [5.74, 6) is 1.24. The third-order valence-electron chi connectivity index (χ3n) is 4.15. The number of fused-ring (bicyclic) bond motifs is 1. The minimum absolute atomic E-state index is 0.172. The topological polar surface area (TPSA) is 56.2 Å². The Kier molecular flexibility index (Phi) is 4.15. The van der Waals surface area contributed by atoms with E-state index in [1.54, 1.807) is 16.9 Å². The summed E-state index contributed by atoms with van der Waals surface area (Å²) in [6.45, 7) is 0.547. The molecule has 5 nitrogen and oxygen atoms in total. The SMILES string of the molecule is O=C(Nc1ccnn1Cc1ccc(Cl)cc1)C1Cc2ccccc2O1. The van der Waals surface area contributed by atoms with Gasteiger partial charge in [-0.15, -0.1) is 0 Å². The summed E-state index contributed by atoms with van der Waals surface area (Å²) in [7, 11) is 0. The molecule has 2 aromatic carbocycles. The van der Waals surface area contributed by atoms with Gasteiger partial charge in [0.25, 0.3) is 5.91 Å². The molecular weight excluding hydrogens is 338 g/mol. The maximum atomic E-state index is 12.5. The van der Waals surface area contributed by atoms with Gasteiger partial charge in [-0.3, -0.25) is 4.79 Å². The number of nitrogens with one attached hydrogen (secondary N) is 1. The average Bonchev–Trinajstić information content (AvgIpc) is 3.24. The van der Waals surface area contributed by atoms with Crippen molar-refractivity contribution in [2.45, 2.75) is 19.1 Å². The molecule has 4 rings (SSSR count). The number of rotatable bonds is 4. The minimum atomic E-state index is -0.517. The molecule has 3 aromatic rings. The normalized spacial score (nSPS) is 15.5. The van der Waals surface area contributed by atoms with E-state index in [4.69, 9.17) is 16.3 Å². The molecule has 0 saturated carbocycles. The molecule has 25 heavy (non-hydrogen) atoms. The highest BCUT2D eigenvalue weighted by atomic mass is 35.5. The van der Waals surface area contributed by atoms with E-state index in [9.17, 15) is 4.79 Å². The Hall–Kier alpha value is -2.79. The van der Waals surface area contributed by atoms with Gasteiger partial charge in [-0.1, -0.05) is 41.9 Å². The Labute approximate surface area is 150 Å². The molecule has 1 unspecified atom stereocenters. The average molecular weight is 354 g/mol. The van der Waals surface area contributed by atoms with Crippen molar-refractivity contribution >= 4 is 23.3 Å². The van der Waals surface area contributed by atoms with Crippen molar-refractivity contribution in [1.29, 1.82) is 0 Å². The van der Waals surface area contributed by atoms with Crippen LogP contribution < -0.4 is 10.1 Å². The lowest BCUT2D eigenvalue weighted by molar-refractivity contribution is -0.122. The summed E-state index contributed by atoms with van der Waals surface area (Å²) in [5.41, 5.74) is 2.10. The second-order valence-corrected chi connectivity index (χ2v) is 6.34. The van der Waals surface area contributed by atoms with Crippen molar-refractivity contribution in [2.24, 2.45) is 0 Å². The standard InChI is InChI=1S/C19H16ClN3O2/c20-15-7-5-13(6-8-15)12-23-18(9-10-21-23)22-19(24)17-11-14-3-1-2-4-16(14)25-17/h1-10,17H,11-12H2,(H,22,24). The van der Waals surface area contributed by atoms with Crippen LogP contribution in [-0.2, 0) is 17.8 Å². The van der Waals surface area contributed by atoms with Gasteiger partial charge in [0.15, 0.2) is 6.10 Å². The van der Waals surface area contributed by atoms with E-state index in [2.05, 4.69) is 10.4 Å². The van der Waals surface area contributed by atoms with Crippen LogP contribution in [0.25, 0.3) is 0 Å². The molecule has 0 saturated heterocycles. The largest absolute Gasteiger partial charge is 0.480 e. The molecule has 0 spiro atoms. The number of carbonyl (C=O) groups is 1. The summed E-state index contributed by atoms with van der Waals surface area (Å²) in [4.78, 5) is 12.5. The van der Waals surface area contributed by atoms with Crippen molar-refractivity contribution in [3.05, 3.63) is 76.9 Å². The quantitative estimate of drug-likeness (QED) is 0.780. The Morgan fingerprint density at radius 1 is 1.20 bits per heavy atom. The van der Waals surface area contributed by atoms with Crippen LogP contribution >= 0.6 is 11.6 Å². The molecule has 126 valence electrons. The summed E-state index contributed by atoms with van der Waals surface area (Å²) in [5, 5.41) is 7.88. The second-order valence-electron chi connectivity index (χ2n) is 5.91. The fraction of sp³-hybridized carbons (Fsp3) is 0.158. The van der Waals surface area contributed by atoms with Crippen LogP contribution in [-0.4, -0.2) is 21.8 Å². The van der Waals surface area contributed by atoms with Crippen LogP contribution in [0.4, 0.5) is 5.82 Å². The highest BCUT2D eigenvalue weighted by molar-refractivity contribution is 6.30. The summed E-state index contributed by atoms with van der Waals surface area (Å²) in [6, 6.07) is 17.0. The number of hydrogen-bond donors (Lipinski definition) is 1. The van der Waals surface area contributed by atoms with E-state index >= 15 is 0 Å². The first-order chi connectivity index (χ1) is 12.2. The fourth-order valence-electron chi connectivity index (χ4n) is 2.86. The van der Waals surface area contributed by atoms with Gasteiger partial charge in [0.2, 0.25) is 0 Å². The third-order valence-corrected chi connectivity index (χ3v) is 4.40. The molecule has 1 N–H and O–H groups in total. The molecule has 1 atom stereocenters. The first kappa shape index (κ1) is 15.7. The van der Waals surface area contributed by atoms with Gasteiger partial charge in [0, 0.05) is 17.5 Å². The number of amides is 1. The van der Waals surface area contributed by atoms with Gasteiger partial charge in [0.1, 0.15) is 11.6 Å². The molecule has 0 fully saturated rings. The molecule has 1 aliphatic heterocycles. The number of nitrogens with zero attached hydrogens (tertiary/aromatic N) is 2. The molecule has 6 heteroatoms. The van der Waals surface area contributed by atoms with Gasteiger partial charge in [-0.2, -0.15) is 5.10 Å². The number of ether oxygens (including phenoxy) is 1. The molecule has 0 radical (unpaired) electrons. The molecule has 1 aliphatic rings. The minimum Gasteiger partial charge on any atom is -0.480 e. The zero-order chi connectivity index (χ0) is 17.2. The van der Waals surface area contributed by atoms with Gasteiger partial charge in [0.05, 0.1) is 12.7 Å². The molecule has 2 heterocycles. The lowest BCUT2D eigenvalue weighted by Crippen LogP contribution is -2.32. The van der Waals surface area contributed by atoms with Crippen molar-refractivity contribution in [3.8, 4) is 5.75 Å². The van der Waals surface area contributed by atoms with E-state index < -0.39 is 6.10 Å². The zero-order valence-electron chi connectivity index (χ0n) is 13.4. The van der Waals surface area contributed by atoms with E-state index in [0.717, 1.165) is 16.9 Å². The number of para-hydroxylation sites is 1. The Morgan fingerprint density at radius 2 is 2.00 bits per heavy atom. The third kappa shape index (κ3) is 3.37. The monoisotopic (exact) mass is 353 g/mol. The van der Waals surface area contributed by atoms with E-state index in [1.165, 1.54) is 0 Å². The number of aromatic nitrogens is 2. The Bertz CT molecular complexity index is 880. The van der Waals surface area contributed by atoms with Crippen molar-refractivity contribution in [3.63, 3.8) is 0 Å².